The molecular weight excluding hydrogens is 405 g/mol. The second kappa shape index (κ2) is 9.21. The van der Waals surface area contributed by atoms with Crippen LogP contribution in [0.4, 0.5) is 10.1 Å². The van der Waals surface area contributed by atoms with Crippen molar-refractivity contribution in [1.82, 2.24) is 9.78 Å². The second-order valence-corrected chi connectivity index (χ2v) is 6.72. The molecule has 0 unspecified atom stereocenters. The Kier molecular flexibility index (Phi) is 6.44. The highest BCUT2D eigenvalue weighted by Gasteiger charge is 2.17. The summed E-state index contributed by atoms with van der Waals surface area (Å²) in [4.78, 5) is 22.9. The van der Waals surface area contributed by atoms with E-state index >= 15 is 0 Å². The average molecular weight is 425 g/mol. The van der Waals surface area contributed by atoms with Gasteiger partial charge in [0.25, 0.3) is 0 Å². The highest BCUT2D eigenvalue weighted by atomic mass is 19.1. The van der Waals surface area contributed by atoms with Crippen LogP contribution in [0.1, 0.15) is 27.3 Å². The molecule has 0 aliphatic carbocycles. The number of allylic oxidation sites excluding steroid dienone is 1. The fourth-order valence-corrected chi connectivity index (χ4v) is 3.02. The zero-order valence-electron chi connectivity index (χ0n) is 17.2. The standard InChI is InChI=1S/C22H20FN3O5/c1-14-10-19(25(2)24-14)20(27)8-4-15-5-9-21(30-3)16(11-15)13-31-22-12-17(23)6-7-18(22)26(28)29/h4-12H,13H2,1-3H3/b8-4+. The molecule has 9 heteroatoms. The Morgan fingerprint density at radius 2 is 2.00 bits per heavy atom. The summed E-state index contributed by atoms with van der Waals surface area (Å²) in [6.07, 6.45) is 3.07. The first-order chi connectivity index (χ1) is 14.8. The van der Waals surface area contributed by atoms with Gasteiger partial charge in [0.2, 0.25) is 5.78 Å². The van der Waals surface area contributed by atoms with E-state index in [1.165, 1.54) is 17.9 Å². The van der Waals surface area contributed by atoms with Crippen molar-refractivity contribution in [1.29, 1.82) is 0 Å². The maximum atomic E-state index is 13.5. The number of hydrogen-bond acceptors (Lipinski definition) is 6. The molecule has 0 saturated carbocycles. The van der Waals surface area contributed by atoms with Gasteiger partial charge in [0.1, 0.15) is 23.9 Å². The van der Waals surface area contributed by atoms with Crippen LogP contribution in [0.5, 0.6) is 11.5 Å². The molecule has 31 heavy (non-hydrogen) atoms. The Labute approximate surface area is 177 Å². The Balaban J connectivity index is 1.81. The van der Waals surface area contributed by atoms with Gasteiger partial charge in [-0.3, -0.25) is 19.6 Å². The molecule has 8 nitrogen and oxygen atoms in total. The Morgan fingerprint density at radius 3 is 2.65 bits per heavy atom. The number of nitro benzene ring substituents is 1. The third-order valence-corrected chi connectivity index (χ3v) is 4.49. The fourth-order valence-electron chi connectivity index (χ4n) is 3.02. The van der Waals surface area contributed by atoms with E-state index in [-0.39, 0.29) is 23.8 Å². The monoisotopic (exact) mass is 425 g/mol. The number of hydrogen-bond donors (Lipinski definition) is 0. The van der Waals surface area contributed by atoms with Crippen molar-refractivity contribution in [2.75, 3.05) is 7.11 Å². The van der Waals surface area contributed by atoms with Crippen LogP contribution in [0.3, 0.4) is 0 Å². The smallest absolute Gasteiger partial charge is 0.311 e. The molecule has 3 rings (SSSR count). The van der Waals surface area contributed by atoms with Gasteiger partial charge in [-0.15, -0.1) is 0 Å². The molecule has 0 bridgehead atoms. The Hall–Kier alpha value is -4.01. The lowest BCUT2D eigenvalue weighted by Gasteiger charge is -2.11. The maximum Gasteiger partial charge on any atom is 0.311 e. The third kappa shape index (κ3) is 5.13. The van der Waals surface area contributed by atoms with Crippen LogP contribution in [0, 0.1) is 22.9 Å². The molecule has 1 heterocycles. The molecule has 160 valence electrons. The summed E-state index contributed by atoms with van der Waals surface area (Å²) in [5.74, 6) is -0.542. The first kappa shape index (κ1) is 21.7. The first-order valence-electron chi connectivity index (χ1n) is 9.25. The van der Waals surface area contributed by atoms with Crippen molar-refractivity contribution in [2.45, 2.75) is 13.5 Å². The van der Waals surface area contributed by atoms with Gasteiger partial charge < -0.3 is 9.47 Å². The summed E-state index contributed by atoms with van der Waals surface area (Å²) in [5.41, 5.74) is 2.14. The number of carbonyl (C=O) groups is 1. The summed E-state index contributed by atoms with van der Waals surface area (Å²) >= 11 is 0. The molecule has 0 N–H and O–H groups in total. The number of benzene rings is 2. The number of aromatic nitrogens is 2. The molecule has 0 aliphatic heterocycles. The van der Waals surface area contributed by atoms with Gasteiger partial charge in [-0.05, 0) is 42.8 Å². The maximum absolute atomic E-state index is 13.5. The van der Waals surface area contributed by atoms with Crippen LogP contribution in [0.2, 0.25) is 0 Å². The van der Waals surface area contributed by atoms with Gasteiger partial charge in [-0.1, -0.05) is 12.1 Å². The van der Waals surface area contributed by atoms with Crippen LogP contribution < -0.4 is 9.47 Å². The first-order valence-corrected chi connectivity index (χ1v) is 9.25. The lowest BCUT2D eigenvalue weighted by molar-refractivity contribution is -0.386. The topological polar surface area (TPSA) is 96.5 Å². The lowest BCUT2D eigenvalue weighted by Crippen LogP contribution is -2.04. The highest BCUT2D eigenvalue weighted by Crippen LogP contribution is 2.30. The van der Waals surface area contributed by atoms with Crippen molar-refractivity contribution < 1.29 is 23.6 Å². The Bertz CT molecular complexity index is 1170. The molecule has 2 aromatic carbocycles. The minimum absolute atomic E-state index is 0.0932. The van der Waals surface area contributed by atoms with E-state index in [9.17, 15) is 19.3 Å². The molecule has 0 spiro atoms. The number of ketones is 1. The average Bonchev–Trinajstić information content (AvgIpc) is 3.08. The molecule has 1 aromatic heterocycles. The molecule has 3 aromatic rings. The Morgan fingerprint density at radius 1 is 1.23 bits per heavy atom. The van der Waals surface area contributed by atoms with Gasteiger partial charge in [0.15, 0.2) is 5.75 Å². The van der Waals surface area contributed by atoms with E-state index in [2.05, 4.69) is 5.10 Å². The van der Waals surface area contributed by atoms with Gasteiger partial charge in [-0.2, -0.15) is 5.10 Å². The molecule has 0 aliphatic rings. The number of halogens is 1. The number of rotatable bonds is 8. The number of carbonyl (C=O) groups excluding carboxylic acids is 1. The molecular formula is C22H20FN3O5. The van der Waals surface area contributed by atoms with E-state index in [1.54, 1.807) is 44.3 Å². The van der Waals surface area contributed by atoms with Gasteiger partial charge >= 0.3 is 5.69 Å². The van der Waals surface area contributed by atoms with E-state index in [1.807, 2.05) is 0 Å². The van der Waals surface area contributed by atoms with Crippen molar-refractivity contribution in [3.63, 3.8) is 0 Å². The summed E-state index contributed by atoms with van der Waals surface area (Å²) in [6.45, 7) is 1.71. The summed E-state index contributed by atoms with van der Waals surface area (Å²) in [6, 6.07) is 9.88. The van der Waals surface area contributed by atoms with Crippen molar-refractivity contribution >= 4 is 17.5 Å². The van der Waals surface area contributed by atoms with Gasteiger partial charge in [0.05, 0.1) is 17.7 Å². The number of nitrogens with zero attached hydrogens (tertiary/aromatic N) is 3. The van der Waals surface area contributed by atoms with E-state index in [0.717, 1.165) is 23.9 Å². The number of nitro groups is 1. The largest absolute Gasteiger partial charge is 0.496 e. The second-order valence-electron chi connectivity index (χ2n) is 6.72. The number of methoxy groups -OCH3 is 1. The van der Waals surface area contributed by atoms with E-state index < -0.39 is 10.7 Å². The predicted molar refractivity (Wildman–Crippen MR) is 112 cm³/mol. The lowest BCUT2D eigenvalue weighted by atomic mass is 10.1. The molecule has 0 atom stereocenters. The quantitative estimate of drug-likeness (QED) is 0.232. The van der Waals surface area contributed by atoms with Crippen LogP contribution in [-0.4, -0.2) is 27.6 Å². The summed E-state index contributed by atoms with van der Waals surface area (Å²) < 4.78 is 25.9. The van der Waals surface area contributed by atoms with Crippen molar-refractivity contribution in [3.8, 4) is 11.5 Å². The van der Waals surface area contributed by atoms with E-state index in [0.29, 0.717) is 22.6 Å². The SMILES string of the molecule is COc1ccc(/C=C/C(=O)c2cc(C)nn2C)cc1COc1cc(F)ccc1[N+](=O)[O-]. The van der Waals surface area contributed by atoms with Crippen molar-refractivity contribution in [2.24, 2.45) is 7.05 Å². The molecule has 0 radical (unpaired) electrons. The highest BCUT2D eigenvalue weighted by molar-refractivity contribution is 6.05. The zero-order chi connectivity index (χ0) is 22.5. The van der Waals surface area contributed by atoms with Crippen molar-refractivity contribution in [3.05, 3.63) is 87.0 Å². The normalized spacial score (nSPS) is 11.0. The predicted octanol–water partition coefficient (Wildman–Crippen LogP) is 4.26. The van der Waals surface area contributed by atoms with Crippen LogP contribution in [0.25, 0.3) is 6.08 Å². The van der Waals surface area contributed by atoms with Gasteiger partial charge in [-0.25, -0.2) is 4.39 Å². The summed E-state index contributed by atoms with van der Waals surface area (Å²) in [7, 11) is 3.18. The molecule has 0 saturated heterocycles. The number of aryl methyl sites for hydroxylation is 2. The number of ether oxygens (including phenoxy) is 2. The van der Waals surface area contributed by atoms with Crippen LogP contribution in [-0.2, 0) is 13.7 Å². The van der Waals surface area contributed by atoms with Crippen LogP contribution in [0.15, 0.2) is 48.5 Å². The van der Waals surface area contributed by atoms with E-state index in [4.69, 9.17) is 9.47 Å². The molecule has 0 amide bonds. The minimum Gasteiger partial charge on any atom is -0.496 e. The van der Waals surface area contributed by atoms with Crippen LogP contribution >= 0.6 is 0 Å². The molecule has 0 fully saturated rings. The van der Waals surface area contributed by atoms with Gasteiger partial charge in [0, 0.05) is 24.7 Å². The summed E-state index contributed by atoms with van der Waals surface area (Å²) in [5, 5.41) is 15.3. The fraction of sp³-hybridized carbons (Fsp3) is 0.182. The zero-order valence-corrected chi connectivity index (χ0v) is 17.2. The third-order valence-electron chi connectivity index (χ3n) is 4.49. The minimum atomic E-state index is -0.645.